The summed E-state index contributed by atoms with van der Waals surface area (Å²) in [6.45, 7) is 12.9. The number of Topliss-reactive ketones (excluding diaryl/α,β-unsaturated/α-hetero) is 1. The van der Waals surface area contributed by atoms with Gasteiger partial charge in [-0.3, -0.25) is 4.79 Å². The van der Waals surface area contributed by atoms with Gasteiger partial charge in [0.05, 0.1) is 0 Å². The first kappa shape index (κ1) is 30.2. The lowest BCUT2D eigenvalue weighted by Crippen LogP contribution is -2.20. The van der Waals surface area contributed by atoms with Crippen molar-refractivity contribution >= 4 is 17.4 Å². The van der Waals surface area contributed by atoms with Gasteiger partial charge in [0, 0.05) is 17.6 Å². The maximum Gasteiger partial charge on any atom is 0.163 e. The SMILES string of the molecule is CCC(=O)/C(=C\c1ccc(C)cc1)c1cc(-c2ccccc2F)ccc1C.CCCCCN(C)CCC. The average Bonchev–Trinajstić information content (AvgIpc) is 2.89. The molecule has 0 aliphatic carbocycles. The fourth-order valence-corrected chi connectivity index (χ4v) is 4.23. The van der Waals surface area contributed by atoms with Gasteiger partial charge in [0.1, 0.15) is 5.82 Å². The molecule has 37 heavy (non-hydrogen) atoms. The van der Waals surface area contributed by atoms with Crippen molar-refractivity contribution in [3.8, 4) is 11.1 Å². The second kappa shape index (κ2) is 15.9. The van der Waals surface area contributed by atoms with Gasteiger partial charge in [0.25, 0.3) is 0 Å². The van der Waals surface area contributed by atoms with Crippen LogP contribution in [0.25, 0.3) is 22.8 Å². The monoisotopic (exact) mass is 501 g/mol. The maximum atomic E-state index is 14.2. The van der Waals surface area contributed by atoms with E-state index in [0.29, 0.717) is 17.6 Å². The van der Waals surface area contributed by atoms with Crippen LogP contribution in [-0.4, -0.2) is 30.8 Å². The third kappa shape index (κ3) is 9.74. The van der Waals surface area contributed by atoms with Crippen LogP contribution in [0.1, 0.15) is 75.1 Å². The molecule has 0 amide bonds. The molecule has 3 aromatic carbocycles. The summed E-state index contributed by atoms with van der Waals surface area (Å²) < 4.78 is 14.2. The van der Waals surface area contributed by atoms with Crippen LogP contribution in [0.5, 0.6) is 0 Å². The van der Waals surface area contributed by atoms with Crippen molar-refractivity contribution in [3.05, 3.63) is 94.8 Å². The summed E-state index contributed by atoms with van der Waals surface area (Å²) >= 11 is 0. The molecule has 0 saturated carbocycles. The first-order chi connectivity index (χ1) is 17.8. The van der Waals surface area contributed by atoms with Gasteiger partial charge < -0.3 is 4.90 Å². The van der Waals surface area contributed by atoms with Gasteiger partial charge in [0.15, 0.2) is 5.78 Å². The second-order valence-corrected chi connectivity index (χ2v) is 9.77. The third-order valence-electron chi connectivity index (χ3n) is 6.47. The van der Waals surface area contributed by atoms with Crippen LogP contribution in [0.4, 0.5) is 4.39 Å². The Bertz CT molecular complexity index is 1150. The molecule has 3 heteroatoms. The van der Waals surface area contributed by atoms with Gasteiger partial charge in [0.2, 0.25) is 0 Å². The summed E-state index contributed by atoms with van der Waals surface area (Å²) in [6, 6.07) is 20.6. The van der Waals surface area contributed by atoms with Gasteiger partial charge in [-0.05, 0) is 87.3 Å². The lowest BCUT2D eigenvalue weighted by Gasteiger charge is -2.14. The number of hydrogen-bond donors (Lipinski definition) is 0. The molecule has 0 atom stereocenters. The number of carbonyl (C=O) groups excluding carboxylic acids is 1. The highest BCUT2D eigenvalue weighted by molar-refractivity contribution is 6.25. The highest BCUT2D eigenvalue weighted by Crippen LogP contribution is 2.30. The number of allylic oxidation sites excluding steroid dienone is 1. The number of ketones is 1. The Morgan fingerprint density at radius 1 is 0.865 bits per heavy atom. The standard InChI is InChI=1S/C25H23FO.C9H21N/c1-4-25(27)23(15-19-12-9-17(2)10-13-19)22-16-20(14-11-18(22)3)21-7-5-6-8-24(21)26;1-4-6-7-9-10(3)8-5-2/h5-16H,4H2,1-3H3;4-9H2,1-3H3/b23-15-;. The Kier molecular flexibility index (Phi) is 13.0. The zero-order chi connectivity index (χ0) is 27.2. The Labute approximate surface area is 224 Å². The number of aryl methyl sites for hydroxylation is 2. The number of halogens is 1. The van der Waals surface area contributed by atoms with Gasteiger partial charge in [-0.2, -0.15) is 0 Å². The van der Waals surface area contributed by atoms with E-state index in [1.54, 1.807) is 12.1 Å². The van der Waals surface area contributed by atoms with Crippen molar-refractivity contribution in [3.63, 3.8) is 0 Å². The van der Waals surface area contributed by atoms with E-state index in [0.717, 1.165) is 22.3 Å². The summed E-state index contributed by atoms with van der Waals surface area (Å²) in [4.78, 5) is 15.1. The summed E-state index contributed by atoms with van der Waals surface area (Å²) in [5.74, 6) is -0.192. The molecule has 0 aliphatic heterocycles. The van der Waals surface area contributed by atoms with Crippen LogP contribution in [0, 0.1) is 19.7 Å². The first-order valence-corrected chi connectivity index (χ1v) is 13.7. The summed E-state index contributed by atoms with van der Waals surface area (Å²) in [6.07, 6.45) is 7.71. The first-order valence-electron chi connectivity index (χ1n) is 13.7. The van der Waals surface area contributed by atoms with Crippen molar-refractivity contribution < 1.29 is 9.18 Å². The number of rotatable bonds is 11. The molecule has 0 bridgehead atoms. The van der Waals surface area contributed by atoms with Crippen molar-refractivity contribution in [2.45, 2.75) is 66.7 Å². The fourth-order valence-electron chi connectivity index (χ4n) is 4.23. The lowest BCUT2D eigenvalue weighted by atomic mass is 9.91. The van der Waals surface area contributed by atoms with E-state index in [9.17, 15) is 9.18 Å². The number of unbranched alkanes of at least 4 members (excludes halogenated alkanes) is 2. The topological polar surface area (TPSA) is 20.3 Å². The molecular weight excluding hydrogens is 457 g/mol. The van der Waals surface area contributed by atoms with E-state index in [2.05, 4.69) is 25.8 Å². The van der Waals surface area contributed by atoms with Gasteiger partial charge in [-0.15, -0.1) is 0 Å². The van der Waals surface area contributed by atoms with Gasteiger partial charge in [-0.1, -0.05) is 93.8 Å². The van der Waals surface area contributed by atoms with E-state index < -0.39 is 0 Å². The van der Waals surface area contributed by atoms with Crippen LogP contribution in [-0.2, 0) is 4.79 Å². The molecule has 0 unspecified atom stereocenters. The van der Waals surface area contributed by atoms with Crippen LogP contribution < -0.4 is 0 Å². The molecule has 0 fully saturated rings. The van der Waals surface area contributed by atoms with Crippen LogP contribution >= 0.6 is 0 Å². The van der Waals surface area contributed by atoms with Crippen LogP contribution in [0.3, 0.4) is 0 Å². The molecule has 0 aromatic heterocycles. The van der Waals surface area contributed by atoms with E-state index in [1.165, 1.54) is 50.4 Å². The van der Waals surface area contributed by atoms with Crippen LogP contribution in [0.2, 0.25) is 0 Å². The summed E-state index contributed by atoms with van der Waals surface area (Å²) in [7, 11) is 2.21. The van der Waals surface area contributed by atoms with Gasteiger partial charge in [-0.25, -0.2) is 4.39 Å². The molecule has 2 nitrogen and oxygen atoms in total. The molecule has 0 heterocycles. The Morgan fingerprint density at radius 3 is 2.19 bits per heavy atom. The molecule has 0 spiro atoms. The van der Waals surface area contributed by atoms with Crippen molar-refractivity contribution in [2.75, 3.05) is 20.1 Å². The average molecular weight is 502 g/mol. The normalized spacial score (nSPS) is 11.3. The zero-order valence-corrected chi connectivity index (χ0v) is 23.6. The van der Waals surface area contributed by atoms with E-state index in [1.807, 2.05) is 75.4 Å². The van der Waals surface area contributed by atoms with Gasteiger partial charge >= 0.3 is 0 Å². The highest BCUT2D eigenvalue weighted by atomic mass is 19.1. The molecule has 3 aromatic rings. The van der Waals surface area contributed by atoms with E-state index in [-0.39, 0.29) is 11.6 Å². The van der Waals surface area contributed by atoms with Crippen LogP contribution in [0.15, 0.2) is 66.7 Å². The van der Waals surface area contributed by atoms with E-state index in [4.69, 9.17) is 0 Å². The Balaban J connectivity index is 0.000000410. The molecule has 3 rings (SSSR count). The van der Waals surface area contributed by atoms with Crippen molar-refractivity contribution in [1.82, 2.24) is 4.90 Å². The minimum atomic E-state index is -0.266. The molecule has 0 N–H and O–H groups in total. The number of nitrogens with zero attached hydrogens (tertiary/aromatic N) is 1. The largest absolute Gasteiger partial charge is 0.306 e. The molecule has 0 saturated heterocycles. The molecule has 198 valence electrons. The maximum absolute atomic E-state index is 14.2. The molecule has 0 radical (unpaired) electrons. The minimum Gasteiger partial charge on any atom is -0.306 e. The third-order valence-corrected chi connectivity index (χ3v) is 6.47. The Hall–Kier alpha value is -3.04. The quantitative estimate of drug-likeness (QED) is 0.148. The predicted molar refractivity (Wildman–Crippen MR) is 158 cm³/mol. The summed E-state index contributed by atoms with van der Waals surface area (Å²) in [5, 5.41) is 0. The van der Waals surface area contributed by atoms with Crippen molar-refractivity contribution in [1.29, 1.82) is 0 Å². The lowest BCUT2D eigenvalue weighted by molar-refractivity contribution is -0.113. The zero-order valence-electron chi connectivity index (χ0n) is 23.6. The predicted octanol–water partition coefficient (Wildman–Crippen LogP) is 9.15. The Morgan fingerprint density at radius 2 is 1.57 bits per heavy atom. The number of benzene rings is 3. The fraction of sp³-hybridized carbons (Fsp3) is 0.382. The highest BCUT2D eigenvalue weighted by Gasteiger charge is 2.15. The smallest absolute Gasteiger partial charge is 0.163 e. The minimum absolute atomic E-state index is 0.0735. The number of carbonyl (C=O) groups is 1. The number of hydrogen-bond acceptors (Lipinski definition) is 2. The molecule has 0 aliphatic rings. The second-order valence-electron chi connectivity index (χ2n) is 9.77. The van der Waals surface area contributed by atoms with E-state index >= 15 is 0 Å². The van der Waals surface area contributed by atoms with Crippen molar-refractivity contribution in [2.24, 2.45) is 0 Å². The molecular formula is C34H44FNO. The summed E-state index contributed by atoms with van der Waals surface area (Å²) in [5.41, 5.74) is 5.97.